The van der Waals surface area contributed by atoms with Crippen molar-refractivity contribution in [3.63, 3.8) is 0 Å². The number of aliphatic hydroxyl groups excluding tert-OH is 1. The van der Waals surface area contributed by atoms with Crippen molar-refractivity contribution >= 4 is 23.9 Å². The van der Waals surface area contributed by atoms with E-state index in [1.165, 1.54) is 12.0 Å². The molecule has 0 aromatic carbocycles. The highest BCUT2D eigenvalue weighted by molar-refractivity contribution is 5.94. The fraction of sp³-hybridized carbons (Fsp3) is 0.846. The molecule has 0 radical (unpaired) electrons. The van der Waals surface area contributed by atoms with Crippen LogP contribution in [0.1, 0.15) is 80.1 Å². The molecule has 10 nitrogen and oxygen atoms in total. The molecule has 3 N–H and O–H groups in total. The fourth-order valence-corrected chi connectivity index (χ4v) is 5.26. The Kier molecular flexibility index (Phi) is 10.2. The number of nitrogens with zero attached hydrogens (tertiary/aromatic N) is 1. The number of hydrogen-bond acceptors (Lipinski definition) is 7. The summed E-state index contributed by atoms with van der Waals surface area (Å²) in [6.07, 6.45) is 2.92. The number of aliphatic hydroxyl groups is 1. The number of fused-ring (bicyclic) bond motifs is 1. The van der Waals surface area contributed by atoms with E-state index in [2.05, 4.69) is 31.4 Å². The summed E-state index contributed by atoms with van der Waals surface area (Å²) in [6.45, 7) is 11.6. The Balaban J connectivity index is 2.22. The molecule has 0 aromatic rings. The lowest BCUT2D eigenvalue weighted by molar-refractivity contribution is -0.147. The highest BCUT2D eigenvalue weighted by Gasteiger charge is 2.69. The molecule has 1 aliphatic heterocycles. The number of methoxy groups -OCH3 is 1. The summed E-state index contributed by atoms with van der Waals surface area (Å²) in [7, 11) is 1.29. The van der Waals surface area contributed by atoms with E-state index in [-0.39, 0.29) is 36.2 Å². The van der Waals surface area contributed by atoms with Crippen LogP contribution in [0.25, 0.3) is 0 Å². The van der Waals surface area contributed by atoms with Gasteiger partial charge in [0.15, 0.2) is 0 Å². The molecule has 206 valence electrons. The molecule has 1 heterocycles. The standard InChI is InChI=1S/C26H45N3O7/c1-8-9-10-12-18(23(33)35-7)27-21(31)20-19-16(26(19,5)6)15-29(20)22(32)17(13-11-14-30)28-24(34)36-25(2,3)4/h16-20,30H,8-15H2,1-7H3,(H,27,31)(H,28,34)/t16-,17-,18?,19?,20-/m0/s1. The smallest absolute Gasteiger partial charge is 0.408 e. The first-order chi connectivity index (χ1) is 16.8. The van der Waals surface area contributed by atoms with Crippen LogP contribution in [0.3, 0.4) is 0 Å². The largest absolute Gasteiger partial charge is 0.467 e. The van der Waals surface area contributed by atoms with Crippen molar-refractivity contribution in [2.45, 2.75) is 104 Å². The van der Waals surface area contributed by atoms with Crippen molar-refractivity contribution in [1.82, 2.24) is 15.5 Å². The van der Waals surface area contributed by atoms with Gasteiger partial charge in [-0.15, -0.1) is 0 Å². The van der Waals surface area contributed by atoms with E-state index < -0.39 is 41.7 Å². The van der Waals surface area contributed by atoms with Gasteiger partial charge in [0.05, 0.1) is 7.11 Å². The maximum Gasteiger partial charge on any atom is 0.408 e. The molecule has 10 heteroatoms. The van der Waals surface area contributed by atoms with Crippen molar-refractivity contribution in [1.29, 1.82) is 0 Å². The second-order valence-electron chi connectivity index (χ2n) is 11.5. The molecule has 3 amide bonds. The first-order valence-corrected chi connectivity index (χ1v) is 13.1. The molecular formula is C26H45N3O7. The average Bonchev–Trinajstić information content (AvgIpc) is 3.12. The van der Waals surface area contributed by atoms with Gasteiger partial charge in [0.2, 0.25) is 11.8 Å². The van der Waals surface area contributed by atoms with Gasteiger partial charge >= 0.3 is 12.1 Å². The number of carbonyl (C=O) groups is 4. The number of nitrogens with one attached hydrogen (secondary N) is 2. The second-order valence-corrected chi connectivity index (χ2v) is 11.5. The zero-order valence-corrected chi connectivity index (χ0v) is 22.9. The maximum absolute atomic E-state index is 13.6. The van der Waals surface area contributed by atoms with Crippen LogP contribution in [0.5, 0.6) is 0 Å². The van der Waals surface area contributed by atoms with Gasteiger partial charge in [-0.25, -0.2) is 9.59 Å². The number of likely N-dealkylation sites (tertiary alicyclic amines) is 1. The number of ether oxygens (including phenoxy) is 2. The van der Waals surface area contributed by atoms with E-state index in [9.17, 15) is 24.3 Å². The Morgan fingerprint density at radius 1 is 1.06 bits per heavy atom. The topological polar surface area (TPSA) is 134 Å². The summed E-state index contributed by atoms with van der Waals surface area (Å²) in [5, 5.41) is 14.8. The Morgan fingerprint density at radius 3 is 2.25 bits per heavy atom. The summed E-state index contributed by atoms with van der Waals surface area (Å²) in [5.74, 6) is -1.18. The first kappa shape index (κ1) is 29.9. The molecule has 1 aliphatic carbocycles. The number of rotatable bonds is 12. The number of carbonyl (C=O) groups excluding carboxylic acids is 4. The van der Waals surface area contributed by atoms with E-state index in [4.69, 9.17) is 9.47 Å². The molecule has 2 aliphatic rings. The Bertz CT molecular complexity index is 808. The van der Waals surface area contributed by atoms with Crippen molar-refractivity contribution in [2.75, 3.05) is 20.3 Å². The van der Waals surface area contributed by atoms with Gasteiger partial charge in [0.1, 0.15) is 23.7 Å². The second kappa shape index (κ2) is 12.3. The SMILES string of the molecule is CCCCCC(NC(=O)[C@@H]1C2[C@H](CN1C(=O)[C@H](CCCO)NC(=O)OC(C)(C)C)C2(C)C)C(=O)OC. The molecule has 2 rings (SSSR count). The van der Waals surface area contributed by atoms with E-state index in [1.54, 1.807) is 20.8 Å². The quantitative estimate of drug-likeness (QED) is 0.270. The van der Waals surface area contributed by atoms with Crippen molar-refractivity contribution < 1.29 is 33.8 Å². The molecule has 1 saturated heterocycles. The minimum Gasteiger partial charge on any atom is -0.467 e. The van der Waals surface area contributed by atoms with Crippen LogP contribution in [0.2, 0.25) is 0 Å². The average molecular weight is 512 g/mol. The van der Waals surface area contributed by atoms with Crippen LogP contribution in [0, 0.1) is 17.3 Å². The molecule has 0 aromatic heterocycles. The summed E-state index contributed by atoms with van der Waals surface area (Å²) in [5.41, 5.74) is -0.849. The lowest BCUT2D eigenvalue weighted by Crippen LogP contribution is -2.57. The van der Waals surface area contributed by atoms with Crippen LogP contribution >= 0.6 is 0 Å². The van der Waals surface area contributed by atoms with Gasteiger partial charge in [-0.1, -0.05) is 40.0 Å². The molecule has 0 spiro atoms. The monoisotopic (exact) mass is 511 g/mol. The van der Waals surface area contributed by atoms with Gasteiger partial charge < -0.3 is 30.1 Å². The van der Waals surface area contributed by atoms with Crippen LogP contribution in [-0.2, 0) is 23.9 Å². The van der Waals surface area contributed by atoms with Crippen molar-refractivity contribution in [3.05, 3.63) is 0 Å². The number of hydrogen-bond donors (Lipinski definition) is 3. The molecule has 0 bridgehead atoms. The van der Waals surface area contributed by atoms with E-state index in [1.807, 2.05) is 0 Å². The third-order valence-electron chi connectivity index (χ3n) is 7.30. The number of unbranched alkanes of at least 4 members (excludes halogenated alkanes) is 2. The molecule has 2 unspecified atom stereocenters. The minimum absolute atomic E-state index is 0.0459. The molecule has 2 fully saturated rings. The summed E-state index contributed by atoms with van der Waals surface area (Å²) in [4.78, 5) is 53.5. The summed E-state index contributed by atoms with van der Waals surface area (Å²) < 4.78 is 10.2. The fourth-order valence-electron chi connectivity index (χ4n) is 5.26. The minimum atomic E-state index is -0.941. The van der Waals surface area contributed by atoms with Gasteiger partial charge in [0, 0.05) is 13.2 Å². The van der Waals surface area contributed by atoms with Crippen LogP contribution < -0.4 is 10.6 Å². The molecule has 5 atom stereocenters. The first-order valence-electron chi connectivity index (χ1n) is 13.1. The molecule has 36 heavy (non-hydrogen) atoms. The van der Waals surface area contributed by atoms with Gasteiger partial charge in [-0.2, -0.15) is 0 Å². The van der Waals surface area contributed by atoms with Crippen LogP contribution in [-0.4, -0.2) is 77.9 Å². The molecule has 1 saturated carbocycles. The highest BCUT2D eigenvalue weighted by atomic mass is 16.6. The molecular weight excluding hydrogens is 466 g/mol. The van der Waals surface area contributed by atoms with Gasteiger partial charge in [-0.3, -0.25) is 9.59 Å². The van der Waals surface area contributed by atoms with Gasteiger partial charge in [-0.05, 0) is 57.3 Å². The lowest BCUT2D eigenvalue weighted by Gasteiger charge is -2.34. The van der Waals surface area contributed by atoms with E-state index in [0.29, 0.717) is 19.4 Å². The number of esters is 1. The Labute approximate surface area is 214 Å². The van der Waals surface area contributed by atoms with Crippen LogP contribution in [0.15, 0.2) is 0 Å². The zero-order chi connectivity index (χ0) is 27.3. The van der Waals surface area contributed by atoms with E-state index >= 15 is 0 Å². The predicted octanol–water partition coefficient (Wildman–Crippen LogP) is 2.37. The van der Waals surface area contributed by atoms with Crippen molar-refractivity contribution in [2.24, 2.45) is 17.3 Å². The number of alkyl carbamates (subject to hydrolysis) is 1. The zero-order valence-electron chi connectivity index (χ0n) is 22.9. The third kappa shape index (κ3) is 7.33. The normalized spacial score (nSPS) is 23.8. The van der Waals surface area contributed by atoms with E-state index in [0.717, 1.165) is 19.3 Å². The lowest BCUT2D eigenvalue weighted by atomic mass is 9.98. The third-order valence-corrected chi connectivity index (χ3v) is 7.30. The Hall–Kier alpha value is -2.36. The number of amides is 3. The maximum atomic E-state index is 13.6. The summed E-state index contributed by atoms with van der Waals surface area (Å²) >= 11 is 0. The number of piperidine rings is 1. The summed E-state index contributed by atoms with van der Waals surface area (Å²) in [6, 6.07) is -2.48. The Morgan fingerprint density at radius 2 is 1.69 bits per heavy atom. The van der Waals surface area contributed by atoms with Gasteiger partial charge in [0.25, 0.3) is 0 Å². The predicted molar refractivity (Wildman–Crippen MR) is 134 cm³/mol. The van der Waals surface area contributed by atoms with Crippen LogP contribution in [0.4, 0.5) is 4.79 Å². The van der Waals surface area contributed by atoms with Crippen molar-refractivity contribution in [3.8, 4) is 0 Å². The highest BCUT2D eigenvalue weighted by Crippen LogP contribution is 2.64.